The number of anilines is 2. The summed E-state index contributed by atoms with van der Waals surface area (Å²) in [4.78, 5) is 13.7. The summed E-state index contributed by atoms with van der Waals surface area (Å²) < 4.78 is 2.52. The molecule has 6 aromatic carbocycles. The Morgan fingerprint density at radius 3 is 2.11 bits per heavy atom. The van der Waals surface area contributed by atoms with Crippen molar-refractivity contribution in [2.24, 2.45) is 28.2 Å². The molecule has 4 nitrogen and oxygen atoms in total. The van der Waals surface area contributed by atoms with Crippen LogP contribution in [0.3, 0.4) is 0 Å². The zero-order valence-electron chi connectivity index (χ0n) is 42.1. The fraction of sp³-hybridized carbons (Fsp3) is 0.167. The molecule has 6 atom stereocenters. The quantitative estimate of drug-likeness (QED) is 0.177. The summed E-state index contributed by atoms with van der Waals surface area (Å²) in [5.74, 6) is 1.56. The van der Waals surface area contributed by atoms with Gasteiger partial charge in [0, 0.05) is 73.9 Å². The lowest BCUT2D eigenvalue weighted by Crippen LogP contribution is -2.41. The van der Waals surface area contributed by atoms with Crippen LogP contribution < -0.4 is 4.90 Å². The molecule has 6 unspecified atom stereocenters. The van der Waals surface area contributed by atoms with Crippen LogP contribution in [-0.2, 0) is 11.8 Å². The van der Waals surface area contributed by atoms with Crippen LogP contribution in [0.2, 0.25) is 0 Å². The van der Waals surface area contributed by atoms with E-state index in [1.165, 1.54) is 106 Å². The summed E-state index contributed by atoms with van der Waals surface area (Å²) in [5.41, 5.74) is 28.4. The molecule has 1 saturated carbocycles. The molecule has 1 fully saturated rings. The number of aliphatic imine (C=N–C) groups is 1. The minimum absolute atomic E-state index is 0.0684. The smallest absolute Gasteiger partial charge is 0.0801 e. The van der Waals surface area contributed by atoms with Gasteiger partial charge in [0.15, 0.2) is 0 Å². The molecule has 0 N–H and O–H groups in total. The summed E-state index contributed by atoms with van der Waals surface area (Å²) in [6.07, 6.45) is 36.3. The molecular formula is C72H52N4. The van der Waals surface area contributed by atoms with Crippen LogP contribution in [0.4, 0.5) is 11.4 Å². The van der Waals surface area contributed by atoms with Crippen molar-refractivity contribution in [1.82, 2.24) is 9.55 Å². The highest BCUT2D eigenvalue weighted by Crippen LogP contribution is 2.74. The van der Waals surface area contributed by atoms with Crippen LogP contribution in [0.1, 0.15) is 70.7 Å². The number of hydrogen-bond acceptors (Lipinski definition) is 3. The first-order chi connectivity index (χ1) is 37.7. The maximum Gasteiger partial charge on any atom is 0.0801 e. The van der Waals surface area contributed by atoms with E-state index < -0.39 is 5.41 Å². The van der Waals surface area contributed by atoms with Crippen molar-refractivity contribution in [1.29, 1.82) is 0 Å². The summed E-state index contributed by atoms with van der Waals surface area (Å²) in [5, 5.41) is 1.32. The second-order valence-electron chi connectivity index (χ2n) is 22.7. The number of allylic oxidation sites excluding steroid dienone is 12. The largest absolute Gasteiger partial charge is 0.332 e. The fourth-order valence-electron chi connectivity index (χ4n) is 17.1. The van der Waals surface area contributed by atoms with Gasteiger partial charge in [-0.15, -0.1) is 0 Å². The number of benzene rings is 6. The van der Waals surface area contributed by atoms with E-state index >= 15 is 0 Å². The predicted molar refractivity (Wildman–Crippen MR) is 309 cm³/mol. The van der Waals surface area contributed by atoms with Crippen molar-refractivity contribution >= 4 is 34.6 Å². The van der Waals surface area contributed by atoms with Crippen molar-refractivity contribution in [3.8, 4) is 39.2 Å². The SMILES string of the molecule is C1=CCC2C(=C1)C1(C3=C(C=CCC3)C3=C1C1c4ccccc4N(c4ccc(-c5ccc(-n6c7c(c8c9c(ncc86)-c6ccccc6C96c8ccccc8-c8ccccc86)C=CCC7)cc5)cc4)C1C=N3)C1C=CC=CC21. The van der Waals surface area contributed by atoms with Gasteiger partial charge in [-0.2, -0.15) is 0 Å². The van der Waals surface area contributed by atoms with Crippen LogP contribution in [-0.4, -0.2) is 21.8 Å². The predicted octanol–water partition coefficient (Wildman–Crippen LogP) is 16.5. The molecule has 8 aliphatic carbocycles. The number of aromatic nitrogens is 2. The average Bonchev–Trinajstić information content (AvgIpc) is 4.36. The minimum atomic E-state index is -0.472. The molecule has 8 aromatic rings. The van der Waals surface area contributed by atoms with Gasteiger partial charge in [-0.3, -0.25) is 9.98 Å². The Bertz CT molecular complexity index is 4170. The molecule has 0 amide bonds. The Labute approximate surface area is 443 Å². The van der Waals surface area contributed by atoms with Crippen molar-refractivity contribution in [3.63, 3.8) is 0 Å². The maximum absolute atomic E-state index is 5.58. The van der Waals surface area contributed by atoms with Crippen LogP contribution in [0.5, 0.6) is 0 Å². The summed E-state index contributed by atoms with van der Waals surface area (Å²) in [7, 11) is 0. The molecule has 2 aromatic heterocycles. The normalized spacial score (nSPS) is 25.3. The molecule has 2 aliphatic heterocycles. The molecule has 18 rings (SSSR count). The van der Waals surface area contributed by atoms with E-state index in [-0.39, 0.29) is 17.4 Å². The Hall–Kier alpha value is -8.60. The third-order valence-electron chi connectivity index (χ3n) is 19.7. The lowest BCUT2D eigenvalue weighted by Gasteiger charge is -2.44. The molecule has 0 saturated heterocycles. The second kappa shape index (κ2) is 15.0. The average molecular weight is 973 g/mol. The minimum Gasteiger partial charge on any atom is -0.332 e. The Morgan fingerprint density at radius 1 is 0.618 bits per heavy atom. The lowest BCUT2D eigenvalue weighted by atomic mass is 9.59. The fourth-order valence-corrected chi connectivity index (χ4v) is 17.1. The Morgan fingerprint density at radius 2 is 1.30 bits per heavy atom. The highest BCUT2D eigenvalue weighted by molar-refractivity contribution is 6.06. The van der Waals surface area contributed by atoms with Gasteiger partial charge < -0.3 is 9.47 Å². The summed E-state index contributed by atoms with van der Waals surface area (Å²) in [6.45, 7) is 0. The van der Waals surface area contributed by atoms with Crippen LogP contribution in [0.15, 0.2) is 246 Å². The Kier molecular flexibility index (Phi) is 8.26. The molecule has 0 bridgehead atoms. The molecule has 2 spiro atoms. The van der Waals surface area contributed by atoms with Crippen LogP contribution >= 0.6 is 0 Å². The van der Waals surface area contributed by atoms with Gasteiger partial charge in [0.25, 0.3) is 0 Å². The van der Waals surface area contributed by atoms with E-state index in [4.69, 9.17) is 9.98 Å². The molecule has 4 heteroatoms. The van der Waals surface area contributed by atoms with Crippen molar-refractivity contribution in [3.05, 3.63) is 280 Å². The van der Waals surface area contributed by atoms with Gasteiger partial charge in [-0.1, -0.05) is 188 Å². The van der Waals surface area contributed by atoms with Gasteiger partial charge in [0.2, 0.25) is 0 Å². The number of pyridine rings is 1. The van der Waals surface area contributed by atoms with Gasteiger partial charge in [0.05, 0.1) is 34.6 Å². The molecule has 0 radical (unpaired) electrons. The third-order valence-corrected chi connectivity index (χ3v) is 19.7. The van der Waals surface area contributed by atoms with E-state index in [9.17, 15) is 0 Å². The Balaban J connectivity index is 0.727. The number of hydrogen-bond donors (Lipinski definition) is 0. The molecule has 360 valence electrons. The lowest BCUT2D eigenvalue weighted by molar-refractivity contribution is 0.341. The monoisotopic (exact) mass is 972 g/mol. The van der Waals surface area contributed by atoms with E-state index in [0.29, 0.717) is 17.8 Å². The molecular weight excluding hydrogens is 921 g/mol. The topological polar surface area (TPSA) is 33.4 Å². The highest BCUT2D eigenvalue weighted by atomic mass is 15.2. The first kappa shape index (κ1) is 41.7. The summed E-state index contributed by atoms with van der Waals surface area (Å²) in [6, 6.07) is 55.2. The van der Waals surface area contributed by atoms with Gasteiger partial charge in [0.1, 0.15) is 0 Å². The van der Waals surface area contributed by atoms with E-state index in [1.54, 1.807) is 16.7 Å². The first-order valence-electron chi connectivity index (χ1n) is 27.8. The van der Waals surface area contributed by atoms with Gasteiger partial charge in [-0.05, 0) is 130 Å². The maximum atomic E-state index is 5.58. The zero-order valence-corrected chi connectivity index (χ0v) is 42.1. The third kappa shape index (κ3) is 4.98. The van der Waals surface area contributed by atoms with Crippen LogP contribution in [0.25, 0.3) is 56.2 Å². The number of nitrogens with zero attached hydrogens (tertiary/aromatic N) is 4. The molecule has 76 heavy (non-hydrogen) atoms. The first-order valence-corrected chi connectivity index (χ1v) is 27.8. The number of rotatable bonds is 3. The van der Waals surface area contributed by atoms with Gasteiger partial charge >= 0.3 is 0 Å². The standard InChI is InChI=1S/C72H52N4/c1-9-25-55-47(17-1)48-18-2-10-26-56(48)71(55)59-29-13-5-21-51(59)69-67(71)65-53-23-7-15-31-61(53)75(63(65)41-73-69)45-37-33-43(34-38-45)44-35-39-46(40-36-44)76-62-32-16-8-24-54(62)66-64(76)42-74-70-52-22-6-14-30-60(52)72(68(66)70)57-27-11-3-19-49(57)50-20-4-12-28-58(50)72/h1-13,16-19,21-29,32-42,49-50,57,64,66H,14-15,20,30-31H2. The number of para-hydroxylation sites is 1. The van der Waals surface area contributed by atoms with E-state index in [2.05, 4.69) is 234 Å². The number of fused-ring (bicyclic) bond motifs is 26. The summed E-state index contributed by atoms with van der Waals surface area (Å²) >= 11 is 0. The molecule has 4 heterocycles. The highest BCUT2D eigenvalue weighted by Gasteiger charge is 2.65. The second-order valence-corrected chi connectivity index (χ2v) is 22.7. The van der Waals surface area contributed by atoms with E-state index in [0.717, 1.165) is 37.8 Å². The molecule has 10 aliphatic rings. The van der Waals surface area contributed by atoms with Gasteiger partial charge in [-0.25, -0.2) is 0 Å². The zero-order chi connectivity index (χ0) is 49.4. The van der Waals surface area contributed by atoms with E-state index in [1.807, 2.05) is 0 Å². The van der Waals surface area contributed by atoms with Crippen molar-refractivity contribution < 1.29 is 0 Å². The van der Waals surface area contributed by atoms with Crippen LogP contribution in [0, 0.1) is 23.2 Å². The van der Waals surface area contributed by atoms with Crippen molar-refractivity contribution in [2.75, 3.05) is 4.90 Å². The van der Waals surface area contributed by atoms with Crippen molar-refractivity contribution in [2.45, 2.75) is 49.5 Å².